The lowest BCUT2D eigenvalue weighted by Gasteiger charge is -2.17. The smallest absolute Gasteiger partial charge is 0.329 e. The zero-order valence-corrected chi connectivity index (χ0v) is 14.5. The molecular formula is C19H22N2O5. The lowest BCUT2D eigenvalue weighted by molar-refractivity contribution is -0.146. The summed E-state index contributed by atoms with van der Waals surface area (Å²) in [5, 5.41) is 2.41. The van der Waals surface area contributed by atoms with Crippen LogP contribution >= 0.6 is 0 Å². The summed E-state index contributed by atoms with van der Waals surface area (Å²) in [6.07, 6.45) is 0.294. The molecule has 0 spiro atoms. The van der Waals surface area contributed by atoms with Crippen molar-refractivity contribution in [3.8, 4) is 11.5 Å². The molecule has 3 N–H and O–H groups in total. The molecule has 1 atom stereocenters. The van der Waals surface area contributed by atoms with E-state index in [0.717, 1.165) is 11.3 Å². The molecule has 138 valence electrons. The molecule has 2 aromatic carbocycles. The molecule has 0 aliphatic rings. The maximum atomic E-state index is 12.2. The molecule has 0 saturated carbocycles. The molecule has 0 bridgehead atoms. The van der Waals surface area contributed by atoms with Gasteiger partial charge < -0.3 is 25.3 Å². The molecule has 2 amide bonds. The van der Waals surface area contributed by atoms with Crippen molar-refractivity contribution in [2.24, 2.45) is 5.73 Å². The van der Waals surface area contributed by atoms with Gasteiger partial charge in [-0.25, -0.2) is 9.59 Å². The highest BCUT2D eigenvalue weighted by Gasteiger charge is 2.21. The van der Waals surface area contributed by atoms with E-state index in [2.05, 4.69) is 5.32 Å². The Labute approximate surface area is 152 Å². The topological polar surface area (TPSA) is 99.9 Å². The predicted octanol–water partition coefficient (Wildman–Crippen LogP) is 1.90. The number of methoxy groups -OCH3 is 1. The fourth-order valence-corrected chi connectivity index (χ4v) is 2.29. The number of rotatable bonds is 9. The minimum Gasteiger partial charge on any atom is -0.497 e. The second-order valence-electron chi connectivity index (χ2n) is 5.44. The summed E-state index contributed by atoms with van der Waals surface area (Å²) in [5.74, 6) is 0.800. The highest BCUT2D eigenvalue weighted by atomic mass is 16.6. The van der Waals surface area contributed by atoms with Gasteiger partial charge in [0.2, 0.25) is 0 Å². The second-order valence-corrected chi connectivity index (χ2v) is 5.44. The van der Waals surface area contributed by atoms with Crippen LogP contribution in [0.15, 0.2) is 54.6 Å². The molecule has 7 heteroatoms. The van der Waals surface area contributed by atoms with Crippen LogP contribution in [0.25, 0.3) is 0 Å². The van der Waals surface area contributed by atoms with Crippen LogP contribution in [-0.2, 0) is 16.0 Å². The van der Waals surface area contributed by atoms with Crippen LogP contribution in [0.4, 0.5) is 4.79 Å². The summed E-state index contributed by atoms with van der Waals surface area (Å²) in [6, 6.07) is 14.7. The number of esters is 1. The SMILES string of the molecule is COc1ccc(OCCOC(=O)[C@H](Cc2ccccc2)NC(N)=O)cc1. The minimum atomic E-state index is -0.851. The number of benzene rings is 2. The van der Waals surface area contributed by atoms with E-state index >= 15 is 0 Å². The number of nitrogens with one attached hydrogen (secondary N) is 1. The van der Waals surface area contributed by atoms with Gasteiger partial charge in [0, 0.05) is 6.42 Å². The first-order valence-electron chi connectivity index (χ1n) is 8.12. The summed E-state index contributed by atoms with van der Waals surface area (Å²) in [7, 11) is 1.58. The Morgan fingerprint density at radius 1 is 1.00 bits per heavy atom. The first-order valence-corrected chi connectivity index (χ1v) is 8.12. The third kappa shape index (κ3) is 6.35. The van der Waals surface area contributed by atoms with Crippen LogP contribution in [0.5, 0.6) is 11.5 Å². The van der Waals surface area contributed by atoms with Gasteiger partial charge in [-0.2, -0.15) is 0 Å². The van der Waals surface area contributed by atoms with E-state index in [-0.39, 0.29) is 13.2 Å². The number of primary amides is 1. The van der Waals surface area contributed by atoms with E-state index in [1.54, 1.807) is 31.4 Å². The molecule has 0 heterocycles. The van der Waals surface area contributed by atoms with Gasteiger partial charge >= 0.3 is 12.0 Å². The number of ether oxygens (including phenoxy) is 3. The molecule has 2 rings (SSSR count). The van der Waals surface area contributed by atoms with Crippen molar-refractivity contribution in [2.75, 3.05) is 20.3 Å². The molecule has 0 radical (unpaired) electrons. The molecule has 0 fully saturated rings. The van der Waals surface area contributed by atoms with Crippen molar-refractivity contribution in [3.63, 3.8) is 0 Å². The van der Waals surface area contributed by atoms with Crippen LogP contribution < -0.4 is 20.5 Å². The number of nitrogens with two attached hydrogens (primary N) is 1. The summed E-state index contributed by atoms with van der Waals surface area (Å²) < 4.78 is 15.7. The molecule has 7 nitrogen and oxygen atoms in total. The third-order valence-corrected chi connectivity index (χ3v) is 3.54. The third-order valence-electron chi connectivity index (χ3n) is 3.54. The summed E-state index contributed by atoms with van der Waals surface area (Å²) >= 11 is 0. The fraction of sp³-hybridized carbons (Fsp3) is 0.263. The van der Waals surface area contributed by atoms with E-state index in [4.69, 9.17) is 19.9 Å². The number of carbonyl (C=O) groups is 2. The van der Waals surface area contributed by atoms with Crippen LogP contribution in [0.2, 0.25) is 0 Å². The number of hydrogen-bond donors (Lipinski definition) is 2. The molecular weight excluding hydrogens is 336 g/mol. The number of amides is 2. The Balaban J connectivity index is 1.81. The van der Waals surface area contributed by atoms with Gasteiger partial charge in [0.1, 0.15) is 30.8 Å². The zero-order chi connectivity index (χ0) is 18.8. The Morgan fingerprint density at radius 3 is 2.27 bits per heavy atom. The Hall–Kier alpha value is -3.22. The molecule has 0 saturated heterocycles. The largest absolute Gasteiger partial charge is 0.497 e. The summed E-state index contributed by atoms with van der Waals surface area (Å²) in [6.45, 7) is 0.239. The van der Waals surface area contributed by atoms with Crippen molar-refractivity contribution in [1.82, 2.24) is 5.32 Å². The van der Waals surface area contributed by atoms with Crippen LogP contribution in [0.3, 0.4) is 0 Å². The van der Waals surface area contributed by atoms with Gasteiger partial charge in [0.25, 0.3) is 0 Å². The fourth-order valence-electron chi connectivity index (χ4n) is 2.29. The first kappa shape index (κ1) is 19.1. The van der Waals surface area contributed by atoms with E-state index in [1.807, 2.05) is 30.3 Å². The van der Waals surface area contributed by atoms with Gasteiger partial charge in [-0.3, -0.25) is 0 Å². The van der Waals surface area contributed by atoms with Crippen molar-refractivity contribution < 1.29 is 23.8 Å². The van der Waals surface area contributed by atoms with Crippen molar-refractivity contribution in [1.29, 1.82) is 0 Å². The number of hydrogen-bond acceptors (Lipinski definition) is 5. The summed E-state index contributed by atoms with van der Waals surface area (Å²) in [5.41, 5.74) is 6.03. The minimum absolute atomic E-state index is 0.0522. The van der Waals surface area contributed by atoms with E-state index in [0.29, 0.717) is 12.2 Å². The van der Waals surface area contributed by atoms with E-state index in [1.165, 1.54) is 0 Å². The maximum absolute atomic E-state index is 12.2. The van der Waals surface area contributed by atoms with Gasteiger partial charge in [-0.1, -0.05) is 30.3 Å². The van der Waals surface area contributed by atoms with Gasteiger partial charge in [0.15, 0.2) is 0 Å². The zero-order valence-electron chi connectivity index (χ0n) is 14.5. The number of urea groups is 1. The molecule has 26 heavy (non-hydrogen) atoms. The maximum Gasteiger partial charge on any atom is 0.329 e. The Kier molecular flexibility index (Phi) is 7.30. The van der Waals surface area contributed by atoms with Gasteiger partial charge in [-0.15, -0.1) is 0 Å². The normalized spacial score (nSPS) is 11.3. The van der Waals surface area contributed by atoms with Crippen molar-refractivity contribution in [3.05, 3.63) is 60.2 Å². The predicted molar refractivity (Wildman–Crippen MR) is 96.1 cm³/mol. The first-order chi connectivity index (χ1) is 12.6. The summed E-state index contributed by atoms with van der Waals surface area (Å²) in [4.78, 5) is 23.4. The Bertz CT molecular complexity index is 704. The Morgan fingerprint density at radius 2 is 1.65 bits per heavy atom. The van der Waals surface area contributed by atoms with Gasteiger partial charge in [-0.05, 0) is 29.8 Å². The standard InChI is InChI=1S/C19H22N2O5/c1-24-15-7-9-16(10-8-15)25-11-12-26-18(22)17(21-19(20)23)13-14-5-3-2-4-6-14/h2-10,17H,11-13H2,1H3,(H3,20,21,23)/t17-/m0/s1. The average Bonchev–Trinajstić information content (AvgIpc) is 2.65. The lowest BCUT2D eigenvalue weighted by atomic mass is 10.1. The lowest BCUT2D eigenvalue weighted by Crippen LogP contribution is -2.46. The van der Waals surface area contributed by atoms with E-state index in [9.17, 15) is 9.59 Å². The second kappa shape index (κ2) is 9.93. The molecule has 0 unspecified atom stereocenters. The molecule has 2 aromatic rings. The molecule has 0 aromatic heterocycles. The molecule has 0 aliphatic heterocycles. The van der Waals surface area contributed by atoms with E-state index < -0.39 is 18.0 Å². The number of carbonyl (C=O) groups excluding carboxylic acids is 2. The van der Waals surface area contributed by atoms with Crippen LogP contribution in [-0.4, -0.2) is 38.4 Å². The van der Waals surface area contributed by atoms with Crippen LogP contribution in [0.1, 0.15) is 5.56 Å². The van der Waals surface area contributed by atoms with Crippen molar-refractivity contribution >= 4 is 12.0 Å². The van der Waals surface area contributed by atoms with Crippen molar-refractivity contribution in [2.45, 2.75) is 12.5 Å². The molecule has 0 aliphatic carbocycles. The highest BCUT2D eigenvalue weighted by molar-refractivity contribution is 5.83. The quantitative estimate of drug-likeness (QED) is 0.527. The average molecular weight is 358 g/mol. The van der Waals surface area contributed by atoms with Gasteiger partial charge in [0.05, 0.1) is 7.11 Å². The van der Waals surface area contributed by atoms with Crippen LogP contribution in [0, 0.1) is 0 Å². The highest BCUT2D eigenvalue weighted by Crippen LogP contribution is 2.16. The monoisotopic (exact) mass is 358 g/mol.